The summed E-state index contributed by atoms with van der Waals surface area (Å²) in [5.74, 6) is -0.442. The Bertz CT molecular complexity index is 1270. The highest BCUT2D eigenvalue weighted by atomic mass is 35.5. The van der Waals surface area contributed by atoms with Crippen LogP contribution in [-0.2, 0) is 4.79 Å². The van der Waals surface area contributed by atoms with Gasteiger partial charge in [0.1, 0.15) is 11.7 Å². The van der Waals surface area contributed by atoms with Crippen LogP contribution in [0, 0.1) is 11.3 Å². The second kappa shape index (κ2) is 10.5. The van der Waals surface area contributed by atoms with Crippen molar-refractivity contribution in [2.45, 2.75) is 5.92 Å². The number of rotatable bonds is 6. The molecule has 0 aromatic heterocycles. The van der Waals surface area contributed by atoms with E-state index in [2.05, 4.69) is 6.07 Å². The van der Waals surface area contributed by atoms with E-state index in [4.69, 9.17) is 16.3 Å². The molecule has 0 spiro atoms. The lowest BCUT2D eigenvalue weighted by Crippen LogP contribution is -2.20. The zero-order valence-corrected chi connectivity index (χ0v) is 18.4. The van der Waals surface area contributed by atoms with Crippen LogP contribution in [0.1, 0.15) is 28.2 Å². The van der Waals surface area contributed by atoms with Gasteiger partial charge in [0, 0.05) is 5.02 Å². The second-order valence-corrected chi connectivity index (χ2v) is 7.86. The molecular formula is C29H20ClNO2. The standard InChI is InChI=1S/C29H20ClNO2/c30-26-13-7-12-24(19-26)25(20-31)18-21-14-16-27(17-15-21)33-29(32)28(22-8-3-1-4-9-22)23-10-5-2-6-11-23/h1-19,28H/b25-18-. The van der Waals surface area contributed by atoms with Crippen LogP contribution in [0.2, 0.25) is 5.02 Å². The van der Waals surface area contributed by atoms with Gasteiger partial charge in [-0.3, -0.25) is 4.79 Å². The second-order valence-electron chi connectivity index (χ2n) is 7.42. The summed E-state index contributed by atoms with van der Waals surface area (Å²) in [5, 5.41) is 10.1. The van der Waals surface area contributed by atoms with Crippen molar-refractivity contribution in [2.75, 3.05) is 0 Å². The predicted molar refractivity (Wildman–Crippen MR) is 132 cm³/mol. The summed E-state index contributed by atoms with van der Waals surface area (Å²) < 4.78 is 5.73. The molecule has 0 bridgehead atoms. The Kier molecular flexibility index (Phi) is 6.99. The summed E-state index contributed by atoms with van der Waals surface area (Å²) >= 11 is 6.05. The zero-order chi connectivity index (χ0) is 23.0. The smallest absolute Gasteiger partial charge is 0.323 e. The largest absolute Gasteiger partial charge is 0.426 e. The number of hydrogen-bond donors (Lipinski definition) is 0. The van der Waals surface area contributed by atoms with Crippen LogP contribution in [0.5, 0.6) is 5.75 Å². The van der Waals surface area contributed by atoms with Crippen LogP contribution in [0.15, 0.2) is 109 Å². The number of allylic oxidation sites excluding steroid dienone is 1. The Hall–Kier alpha value is -4.13. The molecular weight excluding hydrogens is 430 g/mol. The topological polar surface area (TPSA) is 50.1 Å². The van der Waals surface area contributed by atoms with Gasteiger partial charge in [-0.1, -0.05) is 96.5 Å². The van der Waals surface area contributed by atoms with Gasteiger partial charge in [-0.25, -0.2) is 0 Å². The van der Waals surface area contributed by atoms with Crippen LogP contribution in [0.3, 0.4) is 0 Å². The van der Waals surface area contributed by atoms with Crippen molar-refractivity contribution in [3.8, 4) is 11.8 Å². The normalized spacial score (nSPS) is 11.1. The van der Waals surface area contributed by atoms with Gasteiger partial charge in [0.15, 0.2) is 0 Å². The van der Waals surface area contributed by atoms with E-state index in [0.717, 1.165) is 22.3 Å². The van der Waals surface area contributed by atoms with Gasteiger partial charge >= 0.3 is 5.97 Å². The van der Waals surface area contributed by atoms with Crippen LogP contribution in [0.4, 0.5) is 0 Å². The molecule has 0 saturated heterocycles. The number of esters is 1. The molecule has 160 valence electrons. The summed E-state index contributed by atoms with van der Waals surface area (Å²) in [4.78, 5) is 13.1. The summed E-state index contributed by atoms with van der Waals surface area (Å²) in [6, 6.07) is 35.6. The van der Waals surface area contributed by atoms with E-state index in [1.807, 2.05) is 78.9 Å². The maximum absolute atomic E-state index is 13.1. The lowest BCUT2D eigenvalue weighted by Gasteiger charge is -2.17. The van der Waals surface area contributed by atoms with Crippen LogP contribution < -0.4 is 4.74 Å². The number of nitrogens with zero attached hydrogens (tertiary/aromatic N) is 1. The minimum absolute atomic E-state index is 0.354. The van der Waals surface area contributed by atoms with E-state index in [-0.39, 0.29) is 5.97 Å². The van der Waals surface area contributed by atoms with E-state index >= 15 is 0 Å². The van der Waals surface area contributed by atoms with Gasteiger partial charge in [0.2, 0.25) is 0 Å². The third-order valence-corrected chi connectivity index (χ3v) is 5.40. The number of halogens is 1. The molecule has 0 radical (unpaired) electrons. The molecule has 0 saturated carbocycles. The molecule has 0 aliphatic carbocycles. The Balaban J connectivity index is 1.55. The van der Waals surface area contributed by atoms with Gasteiger partial charge in [-0.15, -0.1) is 0 Å². The molecule has 0 fully saturated rings. The van der Waals surface area contributed by atoms with E-state index < -0.39 is 5.92 Å². The molecule has 4 rings (SSSR count). The maximum Gasteiger partial charge on any atom is 0.323 e. The Morgan fingerprint density at radius 2 is 1.42 bits per heavy atom. The molecule has 0 heterocycles. The predicted octanol–water partition coefficient (Wildman–Crippen LogP) is 7.14. The van der Waals surface area contributed by atoms with Crippen LogP contribution in [0.25, 0.3) is 11.6 Å². The molecule has 0 atom stereocenters. The minimum atomic E-state index is -0.528. The van der Waals surface area contributed by atoms with Crippen LogP contribution >= 0.6 is 11.6 Å². The first kappa shape index (κ1) is 22.1. The monoisotopic (exact) mass is 449 g/mol. The number of carbonyl (C=O) groups is 1. The number of benzene rings is 4. The minimum Gasteiger partial charge on any atom is -0.426 e. The van der Waals surface area contributed by atoms with E-state index in [1.54, 1.807) is 36.4 Å². The molecule has 0 unspecified atom stereocenters. The van der Waals surface area contributed by atoms with Crippen molar-refractivity contribution >= 4 is 29.2 Å². The molecule has 0 aliphatic heterocycles. The quantitative estimate of drug-likeness (QED) is 0.136. The molecule has 4 aromatic rings. The van der Waals surface area contributed by atoms with E-state index in [9.17, 15) is 10.1 Å². The third-order valence-electron chi connectivity index (χ3n) is 5.17. The number of nitriles is 1. The van der Waals surface area contributed by atoms with Crippen molar-refractivity contribution in [1.82, 2.24) is 0 Å². The van der Waals surface area contributed by atoms with Crippen molar-refractivity contribution < 1.29 is 9.53 Å². The SMILES string of the molecule is N#C/C(=C/c1ccc(OC(=O)C(c2ccccc2)c2ccccc2)cc1)c1cccc(Cl)c1. The van der Waals surface area contributed by atoms with Gasteiger partial charge in [-0.05, 0) is 52.6 Å². The summed E-state index contributed by atoms with van der Waals surface area (Å²) in [5.41, 5.74) is 3.79. The van der Waals surface area contributed by atoms with Gasteiger partial charge in [-0.2, -0.15) is 5.26 Å². The molecule has 0 N–H and O–H groups in total. The molecule has 4 heteroatoms. The first-order valence-corrected chi connectivity index (χ1v) is 10.8. The van der Waals surface area contributed by atoms with Crippen molar-refractivity contribution in [1.29, 1.82) is 5.26 Å². The van der Waals surface area contributed by atoms with Gasteiger partial charge < -0.3 is 4.74 Å². The Labute approximate surface area is 198 Å². The van der Waals surface area contributed by atoms with Crippen molar-refractivity contribution in [3.05, 3.63) is 136 Å². The Morgan fingerprint density at radius 3 is 1.97 bits per heavy atom. The number of ether oxygens (including phenoxy) is 1. The average Bonchev–Trinajstić information content (AvgIpc) is 2.85. The summed E-state index contributed by atoms with van der Waals surface area (Å²) in [6.07, 6.45) is 1.77. The maximum atomic E-state index is 13.1. The van der Waals surface area contributed by atoms with Gasteiger partial charge in [0.05, 0.1) is 11.6 Å². The lowest BCUT2D eigenvalue weighted by atomic mass is 9.91. The molecule has 3 nitrogen and oxygen atoms in total. The van der Waals surface area contributed by atoms with E-state index in [1.165, 1.54) is 0 Å². The molecule has 0 aliphatic rings. The summed E-state index contributed by atoms with van der Waals surface area (Å²) in [6.45, 7) is 0. The first-order chi connectivity index (χ1) is 16.1. The zero-order valence-electron chi connectivity index (χ0n) is 17.7. The molecule has 0 amide bonds. The first-order valence-electron chi connectivity index (χ1n) is 10.4. The highest BCUT2D eigenvalue weighted by Crippen LogP contribution is 2.28. The van der Waals surface area contributed by atoms with Crippen molar-refractivity contribution in [2.24, 2.45) is 0 Å². The third kappa shape index (κ3) is 5.57. The highest BCUT2D eigenvalue weighted by Gasteiger charge is 2.24. The fraction of sp³-hybridized carbons (Fsp3) is 0.0345. The molecule has 4 aromatic carbocycles. The summed E-state index contributed by atoms with van der Waals surface area (Å²) in [7, 11) is 0. The van der Waals surface area contributed by atoms with Gasteiger partial charge in [0.25, 0.3) is 0 Å². The Morgan fingerprint density at radius 1 is 0.818 bits per heavy atom. The highest BCUT2D eigenvalue weighted by molar-refractivity contribution is 6.30. The van der Waals surface area contributed by atoms with Crippen LogP contribution in [-0.4, -0.2) is 5.97 Å². The average molecular weight is 450 g/mol. The fourth-order valence-electron chi connectivity index (χ4n) is 3.57. The van der Waals surface area contributed by atoms with E-state index in [0.29, 0.717) is 16.3 Å². The number of hydrogen-bond acceptors (Lipinski definition) is 3. The van der Waals surface area contributed by atoms with Crippen molar-refractivity contribution in [3.63, 3.8) is 0 Å². The number of carbonyl (C=O) groups excluding carboxylic acids is 1. The fourth-order valence-corrected chi connectivity index (χ4v) is 3.76. The lowest BCUT2D eigenvalue weighted by molar-refractivity contribution is -0.135. The molecule has 33 heavy (non-hydrogen) atoms.